The summed E-state index contributed by atoms with van der Waals surface area (Å²) in [6.45, 7) is 3.73. The maximum atomic E-state index is 12.5. The van der Waals surface area contributed by atoms with Gasteiger partial charge in [0.05, 0.1) is 19.3 Å². The fourth-order valence-corrected chi connectivity index (χ4v) is 6.40. The fourth-order valence-electron chi connectivity index (χ4n) is 5.62. The molecule has 0 aromatic rings. The first-order valence-electron chi connectivity index (χ1n) is 21.3. The van der Waals surface area contributed by atoms with Crippen LogP contribution in [0.15, 0.2) is 48.6 Å². The third kappa shape index (κ3) is 38.2. The molecular weight excluding hydrogens is 705 g/mol. The zero-order chi connectivity index (χ0) is 39.8. The highest BCUT2D eigenvalue weighted by Crippen LogP contribution is 2.38. The van der Waals surface area contributed by atoms with Gasteiger partial charge in [-0.2, -0.15) is 0 Å². The lowest BCUT2D eigenvalue weighted by atomic mass is 10.0. The molecule has 0 fully saturated rings. The molecule has 314 valence electrons. The largest absolute Gasteiger partial charge is 0.756 e. The van der Waals surface area contributed by atoms with Crippen molar-refractivity contribution in [2.45, 2.75) is 187 Å². The Kier molecular flexibility index (Phi) is 37.7. The van der Waals surface area contributed by atoms with Crippen molar-refractivity contribution in [3.05, 3.63) is 48.6 Å². The van der Waals surface area contributed by atoms with E-state index >= 15 is 0 Å². The zero-order valence-corrected chi connectivity index (χ0v) is 35.0. The van der Waals surface area contributed by atoms with Crippen molar-refractivity contribution < 1.29 is 48.4 Å². The van der Waals surface area contributed by atoms with Crippen molar-refractivity contribution >= 4 is 19.8 Å². The Hall–Kier alpha value is -2.07. The van der Waals surface area contributed by atoms with Crippen LogP contribution in [0.3, 0.4) is 0 Å². The molecule has 0 aromatic heterocycles. The minimum atomic E-state index is -4.61. The number of aliphatic hydroxyl groups is 1. The quantitative estimate of drug-likeness (QED) is 0.0204. The van der Waals surface area contributed by atoms with Gasteiger partial charge < -0.3 is 34.3 Å². The van der Waals surface area contributed by atoms with Crippen LogP contribution in [-0.2, 0) is 32.7 Å². The number of ether oxygens (including phenoxy) is 2. The topological polar surface area (TPSA) is 159 Å². The number of phosphoric ester groups is 1. The molecule has 54 heavy (non-hydrogen) atoms. The number of esters is 2. The summed E-state index contributed by atoms with van der Waals surface area (Å²) in [6.07, 6.45) is 40.3. The highest BCUT2D eigenvalue weighted by Gasteiger charge is 2.21. The summed E-state index contributed by atoms with van der Waals surface area (Å²) in [5, 5.41) is 9.89. The van der Waals surface area contributed by atoms with Crippen LogP contribution < -0.4 is 10.6 Å². The normalized spacial score (nSPS) is 14.4. The van der Waals surface area contributed by atoms with E-state index in [1.807, 2.05) is 36.5 Å². The lowest BCUT2D eigenvalue weighted by Gasteiger charge is -2.25. The van der Waals surface area contributed by atoms with Crippen LogP contribution in [-0.4, -0.2) is 55.6 Å². The number of quaternary nitrogens is 1. The molecule has 0 saturated carbocycles. The molecule has 0 aromatic carbocycles. The molecule has 0 amide bonds. The molecule has 2 unspecified atom stereocenters. The number of aliphatic hydroxyl groups excluding tert-OH is 1. The van der Waals surface area contributed by atoms with E-state index < -0.39 is 32.5 Å². The number of rotatable bonds is 39. The number of allylic oxidation sites excluding steroid dienone is 7. The van der Waals surface area contributed by atoms with Crippen LogP contribution in [0.25, 0.3) is 0 Å². The highest BCUT2D eigenvalue weighted by atomic mass is 31.2. The summed E-state index contributed by atoms with van der Waals surface area (Å²) in [4.78, 5) is 36.9. The number of carbonyl (C=O) groups is 2. The van der Waals surface area contributed by atoms with Gasteiger partial charge in [-0.05, 0) is 38.5 Å². The number of hydrogen-bond acceptors (Lipinski definition) is 9. The van der Waals surface area contributed by atoms with Crippen molar-refractivity contribution in [2.75, 3.05) is 26.4 Å². The Morgan fingerprint density at radius 1 is 0.667 bits per heavy atom. The van der Waals surface area contributed by atoms with Crippen LogP contribution >= 0.6 is 7.82 Å². The number of hydrogen-bond donors (Lipinski definition) is 2. The van der Waals surface area contributed by atoms with Crippen LogP contribution in [0, 0.1) is 0 Å². The second-order valence-corrected chi connectivity index (χ2v) is 15.5. The number of phosphoric acid groups is 1. The summed E-state index contributed by atoms with van der Waals surface area (Å²) < 4.78 is 32.4. The van der Waals surface area contributed by atoms with Gasteiger partial charge in [0.1, 0.15) is 13.2 Å². The smallest absolute Gasteiger partial charge is 0.306 e. The molecule has 0 aliphatic carbocycles. The summed E-state index contributed by atoms with van der Waals surface area (Å²) in [7, 11) is -4.61. The van der Waals surface area contributed by atoms with Crippen molar-refractivity contribution in [1.82, 2.24) is 0 Å². The van der Waals surface area contributed by atoms with Gasteiger partial charge in [-0.15, -0.1) is 0 Å². The molecule has 0 spiro atoms. The van der Waals surface area contributed by atoms with E-state index in [0.29, 0.717) is 12.8 Å². The molecule has 0 heterocycles. The first kappa shape index (κ1) is 51.9. The average Bonchev–Trinajstić information content (AvgIpc) is 3.15. The molecule has 0 aliphatic heterocycles. The average molecular weight is 784 g/mol. The van der Waals surface area contributed by atoms with Crippen molar-refractivity contribution in [3.63, 3.8) is 0 Å². The van der Waals surface area contributed by atoms with Crippen LogP contribution in [0.2, 0.25) is 0 Å². The van der Waals surface area contributed by atoms with Gasteiger partial charge in [0.2, 0.25) is 0 Å². The molecule has 10 nitrogen and oxygen atoms in total. The lowest BCUT2D eigenvalue weighted by molar-refractivity contribution is -0.373. The van der Waals surface area contributed by atoms with Gasteiger partial charge in [-0.1, -0.05) is 172 Å². The Bertz CT molecular complexity index is 1050. The first-order valence-corrected chi connectivity index (χ1v) is 22.8. The number of unbranched alkanes of at least 4 members (excludes halogenated alkanes) is 17. The minimum Gasteiger partial charge on any atom is -0.756 e. The maximum absolute atomic E-state index is 12.5. The maximum Gasteiger partial charge on any atom is 0.306 e. The third-order valence-corrected chi connectivity index (χ3v) is 9.80. The SMILES string of the molecule is CCCCCCCCCCCCCCCCCC(=O)OC[C@H](COP(=O)([O-])OCC[NH3+])OC(=O)CCC/C=C\C/C=C\C/C=C\C=C\C(O)CCCCC. The van der Waals surface area contributed by atoms with Crippen molar-refractivity contribution in [2.24, 2.45) is 0 Å². The first-order chi connectivity index (χ1) is 26.2. The molecule has 0 rings (SSSR count). The second kappa shape index (κ2) is 39.2. The molecule has 0 aliphatic rings. The van der Waals surface area contributed by atoms with Crippen molar-refractivity contribution in [1.29, 1.82) is 0 Å². The van der Waals surface area contributed by atoms with Gasteiger partial charge in [-0.3, -0.25) is 14.2 Å². The summed E-state index contributed by atoms with van der Waals surface area (Å²) in [5.74, 6) is -0.937. The molecule has 0 bridgehead atoms. The molecular formula is C43H78NO9P. The Labute approximate surface area is 329 Å². The zero-order valence-electron chi connectivity index (χ0n) is 34.1. The van der Waals surface area contributed by atoms with E-state index in [4.69, 9.17) is 18.5 Å². The predicted octanol–water partition coefficient (Wildman–Crippen LogP) is 9.56. The summed E-state index contributed by atoms with van der Waals surface area (Å²) in [5.41, 5.74) is 3.54. The van der Waals surface area contributed by atoms with E-state index in [9.17, 15) is 24.2 Å². The van der Waals surface area contributed by atoms with E-state index in [2.05, 4.69) is 31.7 Å². The number of carbonyl (C=O) groups excluding carboxylic acids is 2. The Balaban J connectivity index is 4.31. The monoisotopic (exact) mass is 784 g/mol. The molecule has 4 N–H and O–H groups in total. The third-order valence-electron chi connectivity index (χ3n) is 8.84. The standard InChI is InChI=1S/C43H78NO9P/c1-3-5-7-8-9-10-11-12-13-14-17-20-23-26-30-34-42(46)50-38-41(39-52-54(48,49)51-37-36-44)53-43(47)35-31-27-24-21-18-15-16-19-22-25-29-33-40(45)32-28-6-4-2/h15-16,21-22,24-25,29,33,40-41,45H,3-14,17-20,23,26-28,30-32,34-39,44H2,1-2H3,(H,48,49)/b16-15-,24-21-,25-22-,33-29+/t40?,41-/m1/s1. The minimum absolute atomic E-state index is 0.123. The van der Waals surface area contributed by atoms with E-state index in [0.717, 1.165) is 57.8 Å². The van der Waals surface area contributed by atoms with Gasteiger partial charge >= 0.3 is 11.9 Å². The molecule has 11 heteroatoms. The van der Waals surface area contributed by atoms with E-state index in [1.54, 1.807) is 0 Å². The fraction of sp³-hybridized carbons (Fsp3) is 0.767. The van der Waals surface area contributed by atoms with Gasteiger partial charge in [0.15, 0.2) is 6.10 Å². The van der Waals surface area contributed by atoms with Crippen LogP contribution in [0.1, 0.15) is 174 Å². The lowest BCUT2D eigenvalue weighted by Crippen LogP contribution is -2.52. The van der Waals surface area contributed by atoms with Crippen LogP contribution in [0.4, 0.5) is 0 Å². The second-order valence-electron chi connectivity index (χ2n) is 14.1. The Morgan fingerprint density at radius 3 is 1.81 bits per heavy atom. The summed E-state index contributed by atoms with van der Waals surface area (Å²) in [6, 6.07) is 0. The summed E-state index contributed by atoms with van der Waals surface area (Å²) >= 11 is 0. The molecule has 0 radical (unpaired) electrons. The predicted molar refractivity (Wildman–Crippen MR) is 217 cm³/mol. The Morgan fingerprint density at radius 2 is 1.20 bits per heavy atom. The van der Waals surface area contributed by atoms with Crippen molar-refractivity contribution in [3.8, 4) is 0 Å². The van der Waals surface area contributed by atoms with E-state index in [-0.39, 0.29) is 38.7 Å². The van der Waals surface area contributed by atoms with Gasteiger partial charge in [0.25, 0.3) is 7.82 Å². The molecule has 0 saturated heterocycles. The van der Waals surface area contributed by atoms with Gasteiger partial charge in [0, 0.05) is 12.8 Å². The van der Waals surface area contributed by atoms with E-state index in [1.165, 1.54) is 77.0 Å². The molecule has 3 atom stereocenters. The highest BCUT2D eigenvalue weighted by molar-refractivity contribution is 7.45. The van der Waals surface area contributed by atoms with Crippen LogP contribution in [0.5, 0.6) is 0 Å². The van der Waals surface area contributed by atoms with Gasteiger partial charge in [-0.25, -0.2) is 0 Å².